The van der Waals surface area contributed by atoms with Crippen LogP contribution in [0.1, 0.15) is 25.7 Å². The SMILES string of the molecule is FC(F)Oc1ccccc1NC(C1CC1)C1CC1. The fourth-order valence-electron chi connectivity index (χ4n) is 2.50. The van der Waals surface area contributed by atoms with Gasteiger partial charge in [0, 0.05) is 6.04 Å². The molecular formula is C14H17F2NO. The third kappa shape index (κ3) is 2.74. The van der Waals surface area contributed by atoms with Crippen molar-refractivity contribution in [2.45, 2.75) is 38.3 Å². The first-order valence-electron chi connectivity index (χ1n) is 6.54. The van der Waals surface area contributed by atoms with Gasteiger partial charge in [0.25, 0.3) is 0 Å². The van der Waals surface area contributed by atoms with Crippen molar-refractivity contribution in [3.05, 3.63) is 24.3 Å². The highest BCUT2D eigenvalue weighted by Crippen LogP contribution is 2.46. The van der Waals surface area contributed by atoms with Gasteiger partial charge in [-0.15, -0.1) is 0 Å². The molecule has 2 nitrogen and oxygen atoms in total. The number of anilines is 1. The summed E-state index contributed by atoms with van der Waals surface area (Å²) < 4.78 is 29.2. The van der Waals surface area contributed by atoms with Crippen LogP contribution in [-0.2, 0) is 0 Å². The summed E-state index contributed by atoms with van der Waals surface area (Å²) in [6.07, 6.45) is 5.02. The summed E-state index contributed by atoms with van der Waals surface area (Å²) in [6, 6.07) is 7.40. The van der Waals surface area contributed by atoms with E-state index in [0.29, 0.717) is 11.7 Å². The van der Waals surface area contributed by atoms with Gasteiger partial charge in [0.1, 0.15) is 5.75 Å². The van der Waals surface area contributed by atoms with Gasteiger partial charge < -0.3 is 10.1 Å². The fourth-order valence-corrected chi connectivity index (χ4v) is 2.50. The molecule has 0 amide bonds. The molecule has 0 radical (unpaired) electrons. The number of benzene rings is 1. The number of halogens is 2. The van der Waals surface area contributed by atoms with Gasteiger partial charge in [-0.05, 0) is 49.7 Å². The quantitative estimate of drug-likeness (QED) is 0.830. The molecule has 0 aliphatic heterocycles. The molecule has 0 saturated heterocycles. The van der Waals surface area contributed by atoms with Crippen LogP contribution in [0.25, 0.3) is 0 Å². The van der Waals surface area contributed by atoms with E-state index in [4.69, 9.17) is 0 Å². The molecular weight excluding hydrogens is 236 g/mol. The number of nitrogens with one attached hydrogen (secondary N) is 1. The number of rotatable bonds is 6. The Morgan fingerprint density at radius 2 is 1.67 bits per heavy atom. The normalized spacial score (nSPS) is 19.3. The molecule has 0 spiro atoms. The first-order valence-corrected chi connectivity index (χ1v) is 6.54. The monoisotopic (exact) mass is 253 g/mol. The predicted octanol–water partition coefficient (Wildman–Crippen LogP) is 3.89. The molecule has 4 heteroatoms. The molecule has 0 unspecified atom stereocenters. The number of alkyl halides is 2. The Labute approximate surface area is 105 Å². The van der Waals surface area contributed by atoms with E-state index in [0.717, 1.165) is 11.8 Å². The summed E-state index contributed by atoms with van der Waals surface area (Å²) >= 11 is 0. The molecule has 0 bridgehead atoms. The summed E-state index contributed by atoms with van der Waals surface area (Å²) in [6.45, 7) is -2.77. The summed E-state index contributed by atoms with van der Waals surface area (Å²) in [5.41, 5.74) is 0.696. The molecule has 18 heavy (non-hydrogen) atoms. The Balaban J connectivity index is 1.73. The lowest BCUT2D eigenvalue weighted by Gasteiger charge is -2.21. The van der Waals surface area contributed by atoms with Gasteiger partial charge >= 0.3 is 6.61 Å². The zero-order valence-electron chi connectivity index (χ0n) is 10.1. The second-order valence-corrected chi connectivity index (χ2v) is 5.22. The average Bonchev–Trinajstić information content (AvgIpc) is 3.20. The molecule has 1 aromatic rings. The van der Waals surface area contributed by atoms with E-state index < -0.39 is 6.61 Å². The molecule has 1 N–H and O–H groups in total. The second kappa shape index (κ2) is 4.75. The topological polar surface area (TPSA) is 21.3 Å². The summed E-state index contributed by atoms with van der Waals surface area (Å²) in [5.74, 6) is 1.69. The zero-order chi connectivity index (χ0) is 12.5. The lowest BCUT2D eigenvalue weighted by Crippen LogP contribution is -2.24. The van der Waals surface area contributed by atoms with Gasteiger partial charge in [-0.3, -0.25) is 0 Å². The van der Waals surface area contributed by atoms with Crippen LogP contribution in [0.15, 0.2) is 24.3 Å². The maximum Gasteiger partial charge on any atom is 0.387 e. The number of hydrogen-bond acceptors (Lipinski definition) is 2. The van der Waals surface area contributed by atoms with E-state index >= 15 is 0 Å². The van der Waals surface area contributed by atoms with Gasteiger partial charge in [-0.25, -0.2) is 0 Å². The van der Waals surface area contributed by atoms with Crippen LogP contribution in [0.4, 0.5) is 14.5 Å². The van der Waals surface area contributed by atoms with Crippen molar-refractivity contribution in [3.63, 3.8) is 0 Å². The predicted molar refractivity (Wildman–Crippen MR) is 65.9 cm³/mol. The maximum absolute atomic E-state index is 12.3. The first kappa shape index (κ1) is 11.8. The van der Waals surface area contributed by atoms with Crippen LogP contribution >= 0.6 is 0 Å². The van der Waals surface area contributed by atoms with E-state index in [1.54, 1.807) is 12.1 Å². The van der Waals surface area contributed by atoms with Gasteiger partial charge in [0.2, 0.25) is 0 Å². The molecule has 0 aromatic heterocycles. The van der Waals surface area contributed by atoms with Gasteiger partial charge in [0.15, 0.2) is 0 Å². The maximum atomic E-state index is 12.3. The molecule has 0 atom stereocenters. The Morgan fingerprint density at radius 3 is 2.22 bits per heavy atom. The lowest BCUT2D eigenvalue weighted by molar-refractivity contribution is -0.0494. The number of para-hydroxylation sites is 2. The minimum Gasteiger partial charge on any atom is -0.433 e. The van der Waals surface area contributed by atoms with Crippen LogP contribution < -0.4 is 10.1 Å². The Morgan fingerprint density at radius 1 is 1.06 bits per heavy atom. The molecule has 98 valence electrons. The molecule has 0 heterocycles. The van der Waals surface area contributed by atoms with Crippen LogP contribution in [0, 0.1) is 11.8 Å². The Hall–Kier alpha value is -1.32. The lowest BCUT2D eigenvalue weighted by atomic mass is 10.1. The van der Waals surface area contributed by atoms with Crippen molar-refractivity contribution < 1.29 is 13.5 Å². The molecule has 2 saturated carbocycles. The van der Waals surface area contributed by atoms with Crippen LogP contribution in [0.2, 0.25) is 0 Å². The largest absolute Gasteiger partial charge is 0.433 e. The Bertz CT molecular complexity index is 404. The molecule has 2 aliphatic carbocycles. The van der Waals surface area contributed by atoms with E-state index in [9.17, 15) is 8.78 Å². The highest BCUT2D eigenvalue weighted by atomic mass is 19.3. The molecule has 3 rings (SSSR count). The number of ether oxygens (including phenoxy) is 1. The second-order valence-electron chi connectivity index (χ2n) is 5.22. The summed E-state index contributed by atoms with van der Waals surface area (Å²) in [5, 5.41) is 3.42. The van der Waals surface area contributed by atoms with E-state index in [2.05, 4.69) is 10.1 Å². The minimum atomic E-state index is -2.77. The summed E-state index contributed by atoms with van der Waals surface area (Å²) in [7, 11) is 0. The van der Waals surface area contributed by atoms with E-state index in [-0.39, 0.29) is 5.75 Å². The third-order valence-corrected chi connectivity index (χ3v) is 3.69. The van der Waals surface area contributed by atoms with Gasteiger partial charge in [-0.2, -0.15) is 8.78 Å². The van der Waals surface area contributed by atoms with E-state index in [1.165, 1.54) is 25.7 Å². The minimum absolute atomic E-state index is 0.249. The molecule has 1 aromatic carbocycles. The fraction of sp³-hybridized carbons (Fsp3) is 0.571. The molecule has 2 fully saturated rings. The highest BCUT2D eigenvalue weighted by molar-refractivity contribution is 5.57. The third-order valence-electron chi connectivity index (χ3n) is 3.69. The van der Waals surface area contributed by atoms with Crippen molar-refractivity contribution in [2.24, 2.45) is 11.8 Å². The number of hydrogen-bond donors (Lipinski definition) is 1. The smallest absolute Gasteiger partial charge is 0.387 e. The van der Waals surface area contributed by atoms with Crippen LogP contribution in [0.3, 0.4) is 0 Å². The molecule has 2 aliphatic rings. The van der Waals surface area contributed by atoms with Crippen molar-refractivity contribution in [2.75, 3.05) is 5.32 Å². The van der Waals surface area contributed by atoms with Crippen LogP contribution in [0.5, 0.6) is 5.75 Å². The van der Waals surface area contributed by atoms with Gasteiger partial charge in [0.05, 0.1) is 5.69 Å². The van der Waals surface area contributed by atoms with Crippen molar-refractivity contribution in [3.8, 4) is 5.75 Å². The van der Waals surface area contributed by atoms with Crippen molar-refractivity contribution in [1.82, 2.24) is 0 Å². The van der Waals surface area contributed by atoms with Gasteiger partial charge in [-0.1, -0.05) is 12.1 Å². The highest BCUT2D eigenvalue weighted by Gasteiger charge is 2.41. The summed E-state index contributed by atoms with van der Waals surface area (Å²) in [4.78, 5) is 0. The average molecular weight is 253 g/mol. The first-order chi connectivity index (χ1) is 8.74. The van der Waals surface area contributed by atoms with Crippen LogP contribution in [-0.4, -0.2) is 12.7 Å². The zero-order valence-corrected chi connectivity index (χ0v) is 10.1. The standard InChI is InChI=1S/C14H17F2NO/c15-14(16)18-12-4-2-1-3-11(12)17-13(9-5-6-9)10-7-8-10/h1-4,9-10,13-14,17H,5-8H2. The van der Waals surface area contributed by atoms with E-state index in [1.807, 2.05) is 12.1 Å². The van der Waals surface area contributed by atoms with Crippen molar-refractivity contribution >= 4 is 5.69 Å². The van der Waals surface area contributed by atoms with Crippen molar-refractivity contribution in [1.29, 1.82) is 0 Å². The Kier molecular flexibility index (Phi) is 3.10.